The summed E-state index contributed by atoms with van der Waals surface area (Å²) >= 11 is 0. The number of imidazole rings is 1. The molecular formula is C22H27N5O2. The zero-order valence-electron chi connectivity index (χ0n) is 16.9. The van der Waals surface area contributed by atoms with E-state index in [9.17, 15) is 9.59 Å². The number of hydrogen-bond donors (Lipinski definition) is 1. The Bertz CT molecular complexity index is 1120. The van der Waals surface area contributed by atoms with Crippen LogP contribution in [0, 0.1) is 0 Å². The van der Waals surface area contributed by atoms with Gasteiger partial charge in [0.05, 0.1) is 17.2 Å². The maximum absolute atomic E-state index is 13.1. The first-order valence-corrected chi connectivity index (χ1v) is 10.6. The van der Waals surface area contributed by atoms with Crippen LogP contribution >= 0.6 is 0 Å². The van der Waals surface area contributed by atoms with E-state index in [-0.39, 0.29) is 11.5 Å². The van der Waals surface area contributed by atoms with Crippen LogP contribution < -0.4 is 5.56 Å². The molecule has 1 aliphatic heterocycles. The molecule has 1 saturated heterocycles. The number of H-pyrrole nitrogens is 1. The van der Waals surface area contributed by atoms with Gasteiger partial charge >= 0.3 is 0 Å². The molecule has 152 valence electrons. The summed E-state index contributed by atoms with van der Waals surface area (Å²) in [6, 6.07) is 5.60. The van der Waals surface area contributed by atoms with Gasteiger partial charge in [-0.1, -0.05) is 19.3 Å². The fraction of sp³-hybridized carbons (Fsp3) is 0.500. The van der Waals surface area contributed by atoms with E-state index in [0.29, 0.717) is 17.0 Å². The van der Waals surface area contributed by atoms with Crippen molar-refractivity contribution in [3.63, 3.8) is 0 Å². The van der Waals surface area contributed by atoms with Crippen LogP contribution in [0.1, 0.15) is 54.2 Å². The number of hydrogen-bond acceptors (Lipinski definition) is 4. The van der Waals surface area contributed by atoms with Crippen LogP contribution in [0.2, 0.25) is 0 Å². The fourth-order valence-electron chi connectivity index (χ4n) is 4.76. The zero-order valence-corrected chi connectivity index (χ0v) is 16.9. The lowest BCUT2D eigenvalue weighted by Gasteiger charge is -2.32. The molecule has 0 spiro atoms. The van der Waals surface area contributed by atoms with Crippen LogP contribution in [0.25, 0.3) is 16.6 Å². The van der Waals surface area contributed by atoms with Crippen LogP contribution in [0.5, 0.6) is 0 Å². The minimum Gasteiger partial charge on any atom is -0.336 e. The first-order chi connectivity index (χ1) is 14.1. The lowest BCUT2D eigenvalue weighted by Crippen LogP contribution is -2.47. The number of nitrogens with one attached hydrogen (secondary N) is 1. The number of benzene rings is 1. The molecule has 3 heterocycles. The Morgan fingerprint density at radius 3 is 2.59 bits per heavy atom. The molecule has 0 unspecified atom stereocenters. The van der Waals surface area contributed by atoms with Gasteiger partial charge in [-0.2, -0.15) is 0 Å². The molecule has 1 amide bonds. The van der Waals surface area contributed by atoms with Gasteiger partial charge in [0.25, 0.3) is 11.5 Å². The summed E-state index contributed by atoms with van der Waals surface area (Å²) in [4.78, 5) is 37.4. The Labute approximate surface area is 169 Å². The third-order valence-electron chi connectivity index (χ3n) is 6.52. The van der Waals surface area contributed by atoms with Crippen molar-refractivity contribution in [1.82, 2.24) is 24.2 Å². The number of fused-ring (bicyclic) bond motifs is 3. The van der Waals surface area contributed by atoms with E-state index in [2.05, 4.69) is 21.9 Å². The van der Waals surface area contributed by atoms with Crippen LogP contribution in [-0.2, 0) is 0 Å². The number of aromatic amines is 1. The topological polar surface area (TPSA) is 73.7 Å². The number of amides is 1. The number of carbonyl (C=O) groups is 1. The molecule has 2 aliphatic rings. The van der Waals surface area contributed by atoms with Gasteiger partial charge in [0.2, 0.25) is 0 Å². The highest BCUT2D eigenvalue weighted by Crippen LogP contribution is 2.33. The molecule has 1 aromatic carbocycles. The minimum absolute atomic E-state index is 0.0543. The Balaban J connectivity index is 1.61. The van der Waals surface area contributed by atoms with E-state index in [1.165, 1.54) is 19.3 Å². The monoisotopic (exact) mass is 393 g/mol. The molecule has 1 aliphatic carbocycles. The molecular weight excluding hydrogens is 366 g/mol. The highest BCUT2D eigenvalue weighted by Gasteiger charge is 2.24. The first kappa shape index (κ1) is 18.4. The molecule has 7 nitrogen and oxygen atoms in total. The summed E-state index contributed by atoms with van der Waals surface area (Å²) in [5, 5.41) is 0. The highest BCUT2D eigenvalue weighted by molar-refractivity contribution is 5.97. The average Bonchev–Trinajstić information content (AvgIpc) is 3.20. The van der Waals surface area contributed by atoms with Gasteiger partial charge in [-0.3, -0.25) is 14.0 Å². The molecule has 3 aromatic rings. The van der Waals surface area contributed by atoms with E-state index in [1.807, 2.05) is 27.5 Å². The molecule has 2 fully saturated rings. The Morgan fingerprint density at radius 1 is 1.07 bits per heavy atom. The number of carbonyl (C=O) groups excluding carboxylic acids is 1. The quantitative estimate of drug-likeness (QED) is 0.726. The molecule has 1 N–H and O–H groups in total. The number of likely N-dealkylation sites (N-methyl/N-ethyl adjacent to an activating group) is 1. The summed E-state index contributed by atoms with van der Waals surface area (Å²) in [6.07, 6.45) is 7.56. The second-order valence-electron chi connectivity index (χ2n) is 8.45. The number of rotatable bonds is 2. The van der Waals surface area contributed by atoms with Crippen molar-refractivity contribution in [1.29, 1.82) is 0 Å². The SMILES string of the molecule is CN1CCN(C(=O)c2ccc3[nH]c(=O)c4cnc(C5CCCCC5)n4c3c2)CC1. The highest BCUT2D eigenvalue weighted by atomic mass is 16.2. The first-order valence-electron chi connectivity index (χ1n) is 10.6. The van der Waals surface area contributed by atoms with Crippen molar-refractivity contribution in [2.45, 2.75) is 38.0 Å². The van der Waals surface area contributed by atoms with Gasteiger partial charge in [0.15, 0.2) is 0 Å². The summed E-state index contributed by atoms with van der Waals surface area (Å²) < 4.78 is 1.99. The summed E-state index contributed by atoms with van der Waals surface area (Å²) in [5.41, 5.74) is 2.69. The molecule has 7 heteroatoms. The van der Waals surface area contributed by atoms with Crippen molar-refractivity contribution < 1.29 is 4.79 Å². The second kappa shape index (κ2) is 7.30. The zero-order chi connectivity index (χ0) is 20.0. The largest absolute Gasteiger partial charge is 0.336 e. The number of nitrogens with zero attached hydrogens (tertiary/aromatic N) is 4. The van der Waals surface area contributed by atoms with Gasteiger partial charge in [-0.25, -0.2) is 4.98 Å². The fourth-order valence-corrected chi connectivity index (χ4v) is 4.76. The third-order valence-corrected chi connectivity index (χ3v) is 6.52. The van der Waals surface area contributed by atoms with Gasteiger partial charge in [-0.15, -0.1) is 0 Å². The predicted molar refractivity (Wildman–Crippen MR) is 113 cm³/mol. The van der Waals surface area contributed by atoms with Crippen molar-refractivity contribution in [2.75, 3.05) is 33.2 Å². The van der Waals surface area contributed by atoms with Crippen LogP contribution in [0.3, 0.4) is 0 Å². The van der Waals surface area contributed by atoms with Gasteiger partial charge in [-0.05, 0) is 38.1 Å². The second-order valence-corrected chi connectivity index (χ2v) is 8.45. The lowest BCUT2D eigenvalue weighted by atomic mass is 9.88. The molecule has 0 radical (unpaired) electrons. The number of aromatic nitrogens is 3. The van der Waals surface area contributed by atoms with E-state index < -0.39 is 0 Å². The maximum Gasteiger partial charge on any atom is 0.274 e. The van der Waals surface area contributed by atoms with Crippen LogP contribution in [0.15, 0.2) is 29.2 Å². The Morgan fingerprint density at radius 2 is 1.83 bits per heavy atom. The van der Waals surface area contributed by atoms with E-state index in [4.69, 9.17) is 0 Å². The lowest BCUT2D eigenvalue weighted by molar-refractivity contribution is 0.0664. The van der Waals surface area contributed by atoms with E-state index in [1.54, 1.807) is 6.20 Å². The van der Waals surface area contributed by atoms with Gasteiger partial charge < -0.3 is 14.8 Å². The predicted octanol–water partition coefficient (Wildman–Crippen LogP) is 2.61. The molecule has 0 atom stereocenters. The van der Waals surface area contributed by atoms with Crippen LogP contribution in [0.4, 0.5) is 0 Å². The van der Waals surface area contributed by atoms with Gasteiger partial charge in [0, 0.05) is 37.7 Å². The summed E-state index contributed by atoms with van der Waals surface area (Å²) in [5.74, 6) is 1.38. The van der Waals surface area contributed by atoms with Crippen molar-refractivity contribution in [2.24, 2.45) is 0 Å². The maximum atomic E-state index is 13.1. The third kappa shape index (κ3) is 3.23. The molecule has 5 rings (SSSR count). The summed E-state index contributed by atoms with van der Waals surface area (Å²) in [6.45, 7) is 3.27. The van der Waals surface area contributed by atoms with Crippen molar-refractivity contribution >= 4 is 22.5 Å². The molecule has 0 bridgehead atoms. The molecule has 2 aromatic heterocycles. The normalized spacial score (nSPS) is 19.3. The average molecular weight is 393 g/mol. The van der Waals surface area contributed by atoms with Crippen molar-refractivity contribution in [3.8, 4) is 0 Å². The van der Waals surface area contributed by atoms with E-state index in [0.717, 1.165) is 55.9 Å². The van der Waals surface area contributed by atoms with Crippen molar-refractivity contribution in [3.05, 3.63) is 46.1 Å². The Kier molecular flexibility index (Phi) is 4.62. The van der Waals surface area contributed by atoms with E-state index >= 15 is 0 Å². The molecule has 29 heavy (non-hydrogen) atoms. The van der Waals surface area contributed by atoms with Crippen LogP contribution in [-0.4, -0.2) is 63.3 Å². The minimum atomic E-state index is -0.134. The number of piperazine rings is 1. The Hall–Kier alpha value is -2.67. The summed E-state index contributed by atoms with van der Waals surface area (Å²) in [7, 11) is 2.08. The van der Waals surface area contributed by atoms with Gasteiger partial charge in [0.1, 0.15) is 11.3 Å². The standard InChI is InChI=1S/C22H27N5O2/c1-25-9-11-26(12-10-25)22(29)16-7-8-17-18(13-16)27-19(21(28)24-17)14-23-20(27)15-5-3-2-4-6-15/h7-8,13-15H,2-6,9-12H2,1H3,(H,24,28). The smallest absolute Gasteiger partial charge is 0.274 e. The molecule has 1 saturated carbocycles.